The Bertz CT molecular complexity index is 7390. The molecule has 0 unspecified atom stereocenters. The Hall–Kier alpha value is -18.7. The van der Waals surface area contributed by atoms with Gasteiger partial charge >= 0.3 is 0 Å². The van der Waals surface area contributed by atoms with Crippen molar-refractivity contribution >= 4 is 0 Å². The summed E-state index contributed by atoms with van der Waals surface area (Å²) >= 11 is 0. The van der Waals surface area contributed by atoms with Crippen molar-refractivity contribution in [1.82, 2.24) is 0 Å². The molecule has 17 rings (SSSR count). The number of nitriles is 10. The zero-order chi connectivity index (χ0) is 90.0. The van der Waals surface area contributed by atoms with Crippen molar-refractivity contribution in [2.75, 3.05) is 0 Å². The van der Waals surface area contributed by atoms with Crippen LogP contribution in [0.2, 0.25) is 0 Å². The maximum absolute atomic E-state index is 15.8. The number of hydrogen-bond donors (Lipinski definition) is 0. The summed E-state index contributed by atoms with van der Waals surface area (Å²) in [4.78, 5) is 0. The van der Waals surface area contributed by atoms with Crippen LogP contribution in [0.1, 0.15) is 61.2 Å². The minimum absolute atomic E-state index is 0.0880. The Morgan fingerprint density at radius 2 is 0.477 bits per heavy atom. The van der Waals surface area contributed by atoms with E-state index in [0.29, 0.717) is 94.6 Å². The zero-order valence-corrected chi connectivity index (χ0v) is 68.2. The lowest BCUT2D eigenvalue weighted by Gasteiger charge is -2.19. The third-order valence-electron chi connectivity index (χ3n) is 20.9. The Morgan fingerprint density at radius 1 is 0.172 bits per heavy atom. The van der Waals surface area contributed by atoms with Crippen LogP contribution in [0.3, 0.4) is 0 Å². The van der Waals surface area contributed by atoms with E-state index in [2.05, 4.69) is 60.7 Å². The second kappa shape index (κ2) is 41.5. The van der Waals surface area contributed by atoms with Gasteiger partial charge in [-0.25, -0.2) is 22.0 Å². The molecular weight excluding hydrogens is 1590 g/mol. The highest BCUT2D eigenvalue weighted by atomic mass is 19.1. The monoisotopic (exact) mass is 1660 g/mol. The van der Waals surface area contributed by atoms with Gasteiger partial charge in [-0.1, -0.05) is 322 Å². The zero-order valence-electron chi connectivity index (χ0n) is 68.2. The lowest BCUT2D eigenvalue weighted by Crippen LogP contribution is -2.02. The van der Waals surface area contributed by atoms with Gasteiger partial charge < -0.3 is 0 Å². The molecule has 10 nitrogen and oxygen atoms in total. The number of nitrogens with zero attached hydrogens (tertiary/aromatic N) is 10. The summed E-state index contributed by atoms with van der Waals surface area (Å²) in [7, 11) is 0. The summed E-state index contributed by atoms with van der Waals surface area (Å²) in [6.45, 7) is 1.61. The van der Waals surface area contributed by atoms with E-state index in [1.807, 2.05) is 249 Å². The normalized spacial score (nSPS) is 10.0. The minimum Gasteiger partial charge on any atom is -0.206 e. The molecule has 0 aliphatic rings. The van der Waals surface area contributed by atoms with Gasteiger partial charge in [0.1, 0.15) is 77.6 Å². The van der Waals surface area contributed by atoms with E-state index >= 15 is 8.78 Å². The van der Waals surface area contributed by atoms with Gasteiger partial charge in [0.15, 0.2) is 0 Å². The molecule has 0 bridgehead atoms. The Morgan fingerprint density at radius 3 is 0.867 bits per heavy atom. The average molecular weight is 1660 g/mol. The summed E-state index contributed by atoms with van der Waals surface area (Å²) in [5.74, 6) is -3.04. The van der Waals surface area contributed by atoms with Crippen LogP contribution < -0.4 is 0 Å². The number of halogens is 5. The van der Waals surface area contributed by atoms with E-state index in [9.17, 15) is 55.3 Å². The van der Waals surface area contributed by atoms with Crippen LogP contribution in [0.25, 0.3) is 134 Å². The second-order valence-corrected chi connectivity index (χ2v) is 28.6. The molecule has 0 atom stereocenters. The summed E-state index contributed by atoms with van der Waals surface area (Å²) in [5, 5.41) is 94.5. The van der Waals surface area contributed by atoms with Crippen LogP contribution in [-0.2, 0) is 0 Å². The first-order valence-corrected chi connectivity index (χ1v) is 39.7. The van der Waals surface area contributed by atoms with Crippen LogP contribution in [0.4, 0.5) is 22.0 Å². The van der Waals surface area contributed by atoms with E-state index in [1.165, 1.54) is 30.3 Å². The molecule has 15 heteroatoms. The Labute approximate surface area is 737 Å². The molecular formula is C113H65F5N10. The first-order chi connectivity index (χ1) is 62.6. The van der Waals surface area contributed by atoms with Crippen molar-refractivity contribution in [2.45, 2.75) is 6.92 Å². The molecule has 0 aliphatic heterocycles. The van der Waals surface area contributed by atoms with Crippen LogP contribution in [0.15, 0.2) is 376 Å². The maximum atomic E-state index is 15.8. The molecule has 602 valence electrons. The van der Waals surface area contributed by atoms with E-state index < -0.39 is 29.1 Å². The highest BCUT2D eigenvalue weighted by molar-refractivity contribution is 5.97. The van der Waals surface area contributed by atoms with Gasteiger partial charge in [-0.05, 0) is 151 Å². The van der Waals surface area contributed by atoms with Crippen molar-refractivity contribution in [3.63, 3.8) is 0 Å². The van der Waals surface area contributed by atoms with E-state index in [1.54, 1.807) is 104 Å². The predicted octanol–water partition coefficient (Wildman–Crippen LogP) is 28.2. The van der Waals surface area contributed by atoms with Gasteiger partial charge in [0.05, 0.1) is 67.8 Å². The first-order valence-electron chi connectivity index (χ1n) is 39.7. The van der Waals surface area contributed by atoms with Crippen LogP contribution in [0, 0.1) is 149 Å². The standard InChI is InChI=1S/C32H19FN2.C26H15FN2.C21H13FN2.C20H11FN2.C14H7FN2/c33-32-30(21-35)14-22(20-34)15-31(32)26-13-7-12-25(16-26)29-18-27(23-8-3-1-4-9-23)17-28(19-29)24-10-5-2-6-11-24;27-26-22(17-29)23(18-10-4-1-5-11-18)21(16-28)24(19-12-6-2-7-13-19)25(26)20-14-8-3-9-15-20;1-14-19(15-8-4-2-5-9-15)17(12-23)20(18(13-24)21(14)22)16-10-6-3-7-11-16;21-19-11-16(14-7-3-1-4-8-14)17(12-22)20(18(19)13-23)15-9-5-2-6-10-15;15-14-7-13(10-4-2-1-3-5-10)11(8-16)6-12(14)9-17/h1-19H;1-15H;2-11H,1H3;1-11H;1-7H. The topological polar surface area (TPSA) is 238 Å². The second-order valence-electron chi connectivity index (χ2n) is 28.6. The summed E-state index contributed by atoms with van der Waals surface area (Å²) < 4.78 is 73.7. The molecule has 0 spiro atoms. The summed E-state index contributed by atoms with van der Waals surface area (Å²) in [6.07, 6.45) is 0. The lowest BCUT2D eigenvalue weighted by atomic mass is 9.83. The molecule has 17 aromatic rings. The third kappa shape index (κ3) is 19.2. The molecule has 0 aromatic heterocycles. The van der Waals surface area contributed by atoms with Crippen molar-refractivity contribution in [2.24, 2.45) is 0 Å². The summed E-state index contributed by atoms with van der Waals surface area (Å²) in [6, 6.07) is 134. The highest BCUT2D eigenvalue weighted by Gasteiger charge is 2.29. The average Bonchev–Trinajstić information content (AvgIpc) is 0.745. The van der Waals surface area contributed by atoms with Gasteiger partial charge in [0, 0.05) is 50.1 Å². The first kappa shape index (κ1) is 87.1. The molecule has 0 radical (unpaired) electrons. The van der Waals surface area contributed by atoms with Crippen molar-refractivity contribution in [1.29, 1.82) is 52.6 Å². The number of hydrogen-bond acceptors (Lipinski definition) is 10. The molecule has 0 aliphatic carbocycles. The molecule has 0 saturated heterocycles. The fraction of sp³-hybridized carbons (Fsp3) is 0.00885. The Balaban J connectivity index is 0.000000139. The molecule has 0 saturated carbocycles. The highest BCUT2D eigenvalue weighted by Crippen LogP contribution is 2.46. The minimum atomic E-state index is -0.621. The smallest absolute Gasteiger partial charge is 0.150 e. The van der Waals surface area contributed by atoms with Gasteiger partial charge in [-0.3, -0.25) is 0 Å². The molecule has 0 N–H and O–H groups in total. The van der Waals surface area contributed by atoms with Crippen LogP contribution in [0.5, 0.6) is 0 Å². The van der Waals surface area contributed by atoms with Crippen molar-refractivity contribution in [3.05, 3.63) is 466 Å². The van der Waals surface area contributed by atoms with Crippen LogP contribution in [-0.4, -0.2) is 0 Å². The van der Waals surface area contributed by atoms with E-state index in [0.717, 1.165) is 55.6 Å². The fourth-order valence-corrected chi connectivity index (χ4v) is 15.0. The van der Waals surface area contributed by atoms with Crippen LogP contribution >= 0.6 is 0 Å². The quantitative estimate of drug-likeness (QED) is 0.105. The lowest BCUT2D eigenvalue weighted by molar-refractivity contribution is 0.615. The molecule has 0 heterocycles. The maximum Gasteiger partial charge on any atom is 0.150 e. The van der Waals surface area contributed by atoms with E-state index in [4.69, 9.17) is 10.5 Å². The largest absolute Gasteiger partial charge is 0.206 e. The predicted molar refractivity (Wildman–Crippen MR) is 489 cm³/mol. The van der Waals surface area contributed by atoms with Gasteiger partial charge in [-0.15, -0.1) is 0 Å². The fourth-order valence-electron chi connectivity index (χ4n) is 15.0. The SMILES string of the molecule is Cc1c(F)c(C#N)c(-c2ccccc2)c(C#N)c1-c1ccccc1.N#Cc1c(F)c(-c2ccccc2)c(-c2ccccc2)c(C#N)c1-c1ccccc1.N#Cc1c(F)cc(-c2ccccc2)c(C#N)c1-c1ccccc1.N#Cc1cc(C#N)c(-c2ccccc2)cc1F.N#Cc1cc(C#N)c(F)c(-c2cccc(-c3cc(-c4ccccc4)cc(-c4ccccc4)c3)c2)c1. The van der Waals surface area contributed by atoms with Gasteiger partial charge in [0.2, 0.25) is 0 Å². The van der Waals surface area contributed by atoms with Gasteiger partial charge in [0.25, 0.3) is 0 Å². The van der Waals surface area contributed by atoms with Crippen molar-refractivity contribution in [3.8, 4) is 194 Å². The third-order valence-corrected chi connectivity index (χ3v) is 20.9. The molecule has 0 fully saturated rings. The molecule has 0 amide bonds. The number of rotatable bonds is 12. The van der Waals surface area contributed by atoms with Gasteiger partial charge in [-0.2, -0.15) is 52.6 Å². The summed E-state index contributed by atoms with van der Waals surface area (Å²) in [5.41, 5.74) is 17.2. The molecule has 17 aromatic carbocycles. The van der Waals surface area contributed by atoms with Crippen molar-refractivity contribution < 1.29 is 22.0 Å². The molecule has 128 heavy (non-hydrogen) atoms. The van der Waals surface area contributed by atoms with E-state index in [-0.39, 0.29) is 44.5 Å². The Kier molecular flexibility index (Phi) is 28.3. The number of benzene rings is 17.